The second-order valence-corrected chi connectivity index (χ2v) is 4.09. The fourth-order valence-electron chi connectivity index (χ4n) is 1.76. The van der Waals surface area contributed by atoms with Gasteiger partial charge in [0, 0.05) is 18.7 Å². The van der Waals surface area contributed by atoms with Crippen LogP contribution in [0.4, 0.5) is 0 Å². The Kier molecular flexibility index (Phi) is 6.22. The summed E-state index contributed by atoms with van der Waals surface area (Å²) in [5.41, 5.74) is 1.12. The molecule has 4 nitrogen and oxygen atoms in total. The van der Waals surface area contributed by atoms with Gasteiger partial charge in [0.1, 0.15) is 5.75 Å². The first-order valence-electron chi connectivity index (χ1n) is 6.34. The molecule has 0 bridgehead atoms. The number of ether oxygens (including phenoxy) is 1. The quantitative estimate of drug-likeness (QED) is 0.776. The highest BCUT2D eigenvalue weighted by atomic mass is 16.5. The molecule has 0 saturated carbocycles. The van der Waals surface area contributed by atoms with Crippen LogP contribution in [-0.4, -0.2) is 26.1 Å². The van der Waals surface area contributed by atoms with E-state index in [2.05, 4.69) is 24.5 Å². The molecular weight excluding hydrogens is 228 g/mol. The molecule has 0 aromatic heterocycles. The Morgan fingerprint density at radius 3 is 2.78 bits per heavy atom. The first-order valence-corrected chi connectivity index (χ1v) is 6.34. The van der Waals surface area contributed by atoms with Crippen LogP contribution in [0, 0.1) is 0 Å². The van der Waals surface area contributed by atoms with Crippen LogP contribution in [0.15, 0.2) is 24.3 Å². The molecular formula is C14H22N2O2. The van der Waals surface area contributed by atoms with E-state index in [0.29, 0.717) is 13.0 Å². The normalized spacial score (nSPS) is 11.9. The third kappa shape index (κ3) is 4.37. The molecule has 18 heavy (non-hydrogen) atoms. The van der Waals surface area contributed by atoms with Crippen LogP contribution in [0.1, 0.15) is 31.9 Å². The third-order valence-electron chi connectivity index (χ3n) is 2.76. The van der Waals surface area contributed by atoms with Gasteiger partial charge in [-0.15, -0.1) is 0 Å². The number of hydrogen-bond donors (Lipinski definition) is 2. The van der Waals surface area contributed by atoms with Crippen molar-refractivity contribution in [1.29, 1.82) is 0 Å². The Morgan fingerprint density at radius 1 is 1.39 bits per heavy atom. The summed E-state index contributed by atoms with van der Waals surface area (Å²) in [7, 11) is 1.63. The average molecular weight is 250 g/mol. The molecule has 1 amide bonds. The van der Waals surface area contributed by atoms with Gasteiger partial charge in [-0.1, -0.05) is 25.1 Å². The van der Waals surface area contributed by atoms with Gasteiger partial charge in [-0.25, -0.2) is 0 Å². The Hall–Kier alpha value is -1.55. The zero-order chi connectivity index (χ0) is 13.4. The van der Waals surface area contributed by atoms with Crippen molar-refractivity contribution in [2.75, 3.05) is 20.2 Å². The van der Waals surface area contributed by atoms with Crippen molar-refractivity contribution < 1.29 is 9.53 Å². The van der Waals surface area contributed by atoms with E-state index >= 15 is 0 Å². The summed E-state index contributed by atoms with van der Waals surface area (Å²) in [5, 5.41) is 5.93. The number of nitrogens with one attached hydrogen (secondary N) is 2. The van der Waals surface area contributed by atoms with E-state index in [1.165, 1.54) is 0 Å². The van der Waals surface area contributed by atoms with E-state index in [9.17, 15) is 4.79 Å². The minimum absolute atomic E-state index is 0.00721. The topological polar surface area (TPSA) is 50.4 Å². The average Bonchev–Trinajstić information content (AvgIpc) is 2.39. The summed E-state index contributed by atoms with van der Waals surface area (Å²) < 4.78 is 5.68. The highest BCUT2D eigenvalue weighted by molar-refractivity contribution is 5.75. The number of rotatable bonds is 7. The summed E-state index contributed by atoms with van der Waals surface area (Å²) >= 11 is 0. The number of benzene rings is 1. The lowest BCUT2D eigenvalue weighted by atomic mass is 10.1. The maximum Gasteiger partial charge on any atom is 0.223 e. The predicted octanol–water partition coefficient (Wildman–Crippen LogP) is 1.87. The van der Waals surface area contributed by atoms with Crippen LogP contribution < -0.4 is 15.4 Å². The fraction of sp³-hybridized carbons (Fsp3) is 0.500. The fourth-order valence-corrected chi connectivity index (χ4v) is 1.76. The van der Waals surface area contributed by atoms with Gasteiger partial charge in [0.15, 0.2) is 0 Å². The molecule has 0 aliphatic carbocycles. The number of para-hydroxylation sites is 1. The molecule has 0 fully saturated rings. The summed E-state index contributed by atoms with van der Waals surface area (Å²) in [5.74, 6) is 0.835. The van der Waals surface area contributed by atoms with Crippen molar-refractivity contribution in [3.05, 3.63) is 29.8 Å². The van der Waals surface area contributed by atoms with Gasteiger partial charge < -0.3 is 15.4 Å². The first kappa shape index (κ1) is 14.5. The molecule has 0 spiro atoms. The van der Waals surface area contributed by atoms with Gasteiger partial charge in [-0.2, -0.15) is 0 Å². The van der Waals surface area contributed by atoms with Crippen molar-refractivity contribution in [3.8, 4) is 5.75 Å². The number of amides is 1. The van der Waals surface area contributed by atoms with Crippen molar-refractivity contribution in [1.82, 2.24) is 10.6 Å². The van der Waals surface area contributed by atoms with Gasteiger partial charge >= 0.3 is 0 Å². The maximum atomic E-state index is 11.1. The zero-order valence-electron chi connectivity index (χ0n) is 11.3. The SMILES string of the molecule is CCNC(C)c1ccccc1OCCC(=O)NC. The highest BCUT2D eigenvalue weighted by Crippen LogP contribution is 2.24. The van der Waals surface area contributed by atoms with Crippen molar-refractivity contribution in [2.24, 2.45) is 0 Å². The smallest absolute Gasteiger partial charge is 0.223 e. The van der Waals surface area contributed by atoms with Gasteiger partial charge in [-0.3, -0.25) is 4.79 Å². The summed E-state index contributed by atoms with van der Waals surface area (Å²) in [6, 6.07) is 8.16. The van der Waals surface area contributed by atoms with E-state index in [0.717, 1.165) is 17.9 Å². The minimum atomic E-state index is -0.00721. The van der Waals surface area contributed by atoms with E-state index in [1.807, 2.05) is 24.3 Å². The molecule has 0 aliphatic rings. The molecule has 1 rings (SSSR count). The zero-order valence-corrected chi connectivity index (χ0v) is 11.3. The monoisotopic (exact) mass is 250 g/mol. The predicted molar refractivity (Wildman–Crippen MR) is 72.7 cm³/mol. The van der Waals surface area contributed by atoms with E-state index < -0.39 is 0 Å². The van der Waals surface area contributed by atoms with Crippen molar-refractivity contribution in [2.45, 2.75) is 26.3 Å². The molecule has 1 atom stereocenters. The molecule has 0 saturated heterocycles. The lowest BCUT2D eigenvalue weighted by Gasteiger charge is -2.17. The molecule has 0 heterocycles. The maximum absolute atomic E-state index is 11.1. The Morgan fingerprint density at radius 2 is 2.11 bits per heavy atom. The van der Waals surface area contributed by atoms with Gasteiger partial charge in [0.05, 0.1) is 13.0 Å². The lowest BCUT2D eigenvalue weighted by Crippen LogP contribution is -2.21. The summed E-state index contributed by atoms with van der Waals surface area (Å²) in [6.45, 7) is 5.49. The molecule has 0 radical (unpaired) electrons. The summed E-state index contributed by atoms with van der Waals surface area (Å²) in [4.78, 5) is 11.1. The van der Waals surface area contributed by atoms with Crippen molar-refractivity contribution in [3.63, 3.8) is 0 Å². The first-order chi connectivity index (χ1) is 8.69. The van der Waals surface area contributed by atoms with Crippen LogP contribution in [0.25, 0.3) is 0 Å². The largest absolute Gasteiger partial charge is 0.493 e. The van der Waals surface area contributed by atoms with Crippen LogP contribution in [0.5, 0.6) is 5.75 Å². The Bertz CT molecular complexity index is 380. The molecule has 1 unspecified atom stereocenters. The second kappa shape index (κ2) is 7.71. The Labute approximate surface area is 109 Å². The third-order valence-corrected chi connectivity index (χ3v) is 2.76. The van der Waals surface area contributed by atoms with E-state index in [1.54, 1.807) is 7.05 Å². The van der Waals surface area contributed by atoms with Crippen molar-refractivity contribution >= 4 is 5.91 Å². The molecule has 100 valence electrons. The summed E-state index contributed by atoms with van der Waals surface area (Å²) in [6.07, 6.45) is 0.375. The molecule has 1 aromatic carbocycles. The van der Waals surface area contributed by atoms with Crippen LogP contribution >= 0.6 is 0 Å². The molecule has 0 aliphatic heterocycles. The van der Waals surface area contributed by atoms with Gasteiger partial charge in [0.2, 0.25) is 5.91 Å². The van der Waals surface area contributed by atoms with Gasteiger partial charge in [-0.05, 0) is 19.5 Å². The number of carbonyl (C=O) groups is 1. The molecule has 1 aromatic rings. The highest BCUT2D eigenvalue weighted by Gasteiger charge is 2.10. The minimum Gasteiger partial charge on any atom is -0.493 e. The second-order valence-electron chi connectivity index (χ2n) is 4.09. The Balaban J connectivity index is 2.61. The number of hydrogen-bond acceptors (Lipinski definition) is 3. The van der Waals surface area contributed by atoms with Crippen LogP contribution in [0.2, 0.25) is 0 Å². The lowest BCUT2D eigenvalue weighted by molar-refractivity contribution is -0.121. The molecule has 2 N–H and O–H groups in total. The van der Waals surface area contributed by atoms with Crippen LogP contribution in [-0.2, 0) is 4.79 Å². The molecule has 4 heteroatoms. The standard InChI is InChI=1S/C14H22N2O2/c1-4-16-11(2)12-7-5-6-8-13(12)18-10-9-14(17)15-3/h5-8,11,16H,4,9-10H2,1-3H3,(H,15,17). The number of carbonyl (C=O) groups excluding carboxylic acids is 1. The van der Waals surface area contributed by atoms with E-state index in [4.69, 9.17) is 4.74 Å². The van der Waals surface area contributed by atoms with E-state index in [-0.39, 0.29) is 11.9 Å². The van der Waals surface area contributed by atoms with Crippen LogP contribution in [0.3, 0.4) is 0 Å². The van der Waals surface area contributed by atoms with Gasteiger partial charge in [0.25, 0.3) is 0 Å².